The van der Waals surface area contributed by atoms with Gasteiger partial charge in [0.05, 0.1) is 11.8 Å². The molecule has 0 spiro atoms. The van der Waals surface area contributed by atoms with Gasteiger partial charge in [0.1, 0.15) is 11.6 Å². The molecular weight excluding hydrogens is 221 g/mol. The van der Waals surface area contributed by atoms with Gasteiger partial charge in [0.2, 0.25) is 0 Å². The first-order valence-electron chi connectivity index (χ1n) is 5.86. The van der Waals surface area contributed by atoms with Gasteiger partial charge in [-0.2, -0.15) is 0 Å². The number of oxime groups is 1. The zero-order chi connectivity index (χ0) is 12.3. The van der Waals surface area contributed by atoms with Gasteiger partial charge in [-0.15, -0.1) is 0 Å². The normalized spacial score (nSPS) is 17.4. The number of nitrogens with zero attached hydrogens (tertiary/aromatic N) is 1. The van der Waals surface area contributed by atoms with E-state index in [-0.39, 0.29) is 11.9 Å². The van der Waals surface area contributed by atoms with Crippen molar-refractivity contribution in [2.45, 2.75) is 38.7 Å². The summed E-state index contributed by atoms with van der Waals surface area (Å²) >= 11 is 0. The molecule has 0 bridgehead atoms. The van der Waals surface area contributed by atoms with Crippen molar-refractivity contribution in [3.63, 3.8) is 0 Å². The molecule has 1 fully saturated rings. The van der Waals surface area contributed by atoms with E-state index >= 15 is 0 Å². The van der Waals surface area contributed by atoms with Crippen LogP contribution in [0.15, 0.2) is 23.4 Å². The second-order valence-corrected chi connectivity index (χ2v) is 4.35. The van der Waals surface area contributed by atoms with E-state index in [1.54, 1.807) is 13.0 Å². The van der Waals surface area contributed by atoms with Crippen LogP contribution in [-0.4, -0.2) is 17.0 Å². The molecule has 0 atom stereocenters. The van der Waals surface area contributed by atoms with E-state index in [1.807, 2.05) is 0 Å². The summed E-state index contributed by atoms with van der Waals surface area (Å²) in [5.41, 5.74) is 1.07. The number of ether oxygens (including phenoxy) is 1. The van der Waals surface area contributed by atoms with Crippen molar-refractivity contribution in [1.29, 1.82) is 0 Å². The Labute approximate surface area is 99.9 Å². The highest BCUT2D eigenvalue weighted by Gasteiger charge is 2.19. The highest BCUT2D eigenvalue weighted by atomic mass is 19.1. The van der Waals surface area contributed by atoms with Crippen LogP contribution in [0.3, 0.4) is 0 Å². The quantitative estimate of drug-likeness (QED) is 0.497. The molecule has 4 heteroatoms. The average molecular weight is 237 g/mol. The van der Waals surface area contributed by atoms with Crippen LogP contribution < -0.4 is 4.74 Å². The minimum atomic E-state index is -0.340. The maximum absolute atomic E-state index is 13.2. The average Bonchev–Trinajstić information content (AvgIpc) is 2.81. The van der Waals surface area contributed by atoms with Crippen molar-refractivity contribution >= 4 is 5.71 Å². The summed E-state index contributed by atoms with van der Waals surface area (Å²) in [5, 5.41) is 11.9. The predicted octanol–water partition coefficient (Wildman–Crippen LogP) is 3.35. The van der Waals surface area contributed by atoms with E-state index in [1.165, 1.54) is 12.1 Å². The molecule has 1 saturated carbocycles. The van der Waals surface area contributed by atoms with E-state index < -0.39 is 0 Å². The third kappa shape index (κ3) is 2.75. The topological polar surface area (TPSA) is 41.8 Å². The molecule has 0 heterocycles. The van der Waals surface area contributed by atoms with Gasteiger partial charge in [0.15, 0.2) is 0 Å². The van der Waals surface area contributed by atoms with Crippen LogP contribution >= 0.6 is 0 Å². The van der Waals surface area contributed by atoms with Crippen molar-refractivity contribution in [2.75, 3.05) is 0 Å². The number of hydrogen-bond donors (Lipinski definition) is 1. The van der Waals surface area contributed by atoms with Gasteiger partial charge in [0, 0.05) is 11.6 Å². The molecule has 0 amide bonds. The first-order chi connectivity index (χ1) is 8.20. The minimum Gasteiger partial charge on any atom is -0.490 e. The van der Waals surface area contributed by atoms with Gasteiger partial charge in [0.25, 0.3) is 0 Å². The summed E-state index contributed by atoms with van der Waals surface area (Å²) in [4.78, 5) is 0. The monoisotopic (exact) mass is 237 g/mol. The lowest BCUT2D eigenvalue weighted by molar-refractivity contribution is 0.208. The Balaban J connectivity index is 2.26. The third-order valence-corrected chi connectivity index (χ3v) is 3.08. The lowest BCUT2D eigenvalue weighted by atomic mass is 10.1. The first kappa shape index (κ1) is 11.9. The molecule has 0 saturated heterocycles. The molecule has 3 nitrogen and oxygen atoms in total. The Hall–Kier alpha value is -1.58. The molecule has 1 aliphatic carbocycles. The number of rotatable bonds is 3. The lowest BCUT2D eigenvalue weighted by Crippen LogP contribution is -2.13. The van der Waals surface area contributed by atoms with Crippen LogP contribution in [0.2, 0.25) is 0 Å². The fourth-order valence-electron chi connectivity index (χ4n) is 2.13. The Kier molecular flexibility index (Phi) is 3.61. The Morgan fingerprint density at radius 3 is 2.76 bits per heavy atom. The maximum Gasteiger partial charge on any atom is 0.131 e. The Morgan fingerprint density at radius 2 is 2.12 bits per heavy atom. The van der Waals surface area contributed by atoms with Gasteiger partial charge in [-0.25, -0.2) is 4.39 Å². The third-order valence-electron chi connectivity index (χ3n) is 3.08. The summed E-state index contributed by atoms with van der Waals surface area (Å²) in [5.74, 6) is 0.125. The van der Waals surface area contributed by atoms with E-state index in [2.05, 4.69) is 5.16 Å². The fraction of sp³-hybridized carbons (Fsp3) is 0.462. The van der Waals surface area contributed by atoms with Crippen molar-refractivity contribution in [1.82, 2.24) is 0 Å². The van der Waals surface area contributed by atoms with Gasteiger partial charge < -0.3 is 9.94 Å². The second-order valence-electron chi connectivity index (χ2n) is 4.35. The van der Waals surface area contributed by atoms with Gasteiger partial charge in [-0.05, 0) is 44.7 Å². The van der Waals surface area contributed by atoms with Crippen molar-refractivity contribution < 1.29 is 14.3 Å². The number of hydrogen-bond acceptors (Lipinski definition) is 3. The molecule has 0 aromatic heterocycles. The summed E-state index contributed by atoms with van der Waals surface area (Å²) in [7, 11) is 0. The molecule has 92 valence electrons. The molecule has 17 heavy (non-hydrogen) atoms. The standard InChI is InChI=1S/C13H16FNO2/c1-9(15-16)12-7-6-10(14)8-13(12)17-11-4-2-3-5-11/h6-8,11,16H,2-5H2,1H3. The number of halogens is 1. The molecule has 1 N–H and O–H groups in total. The van der Waals surface area contributed by atoms with E-state index in [9.17, 15) is 4.39 Å². The van der Waals surface area contributed by atoms with Crippen LogP contribution in [0.1, 0.15) is 38.2 Å². The summed E-state index contributed by atoms with van der Waals surface area (Å²) in [6.45, 7) is 1.66. The predicted molar refractivity (Wildman–Crippen MR) is 63.3 cm³/mol. The molecule has 0 radical (unpaired) electrons. The molecule has 1 aromatic carbocycles. The van der Waals surface area contributed by atoms with E-state index in [4.69, 9.17) is 9.94 Å². The smallest absolute Gasteiger partial charge is 0.131 e. The van der Waals surface area contributed by atoms with Crippen molar-refractivity contribution in [3.8, 4) is 5.75 Å². The van der Waals surface area contributed by atoms with Gasteiger partial charge >= 0.3 is 0 Å². The van der Waals surface area contributed by atoms with Crippen molar-refractivity contribution in [3.05, 3.63) is 29.6 Å². The second kappa shape index (κ2) is 5.17. The lowest BCUT2D eigenvalue weighted by Gasteiger charge is -2.16. The zero-order valence-corrected chi connectivity index (χ0v) is 9.82. The summed E-state index contributed by atoms with van der Waals surface area (Å²) in [6, 6.07) is 4.27. The van der Waals surface area contributed by atoms with Crippen LogP contribution in [0.5, 0.6) is 5.75 Å². The molecule has 0 aliphatic heterocycles. The van der Waals surface area contributed by atoms with Gasteiger partial charge in [-0.3, -0.25) is 0 Å². The first-order valence-corrected chi connectivity index (χ1v) is 5.86. The fourth-order valence-corrected chi connectivity index (χ4v) is 2.13. The Bertz CT molecular complexity index is 425. The summed E-state index contributed by atoms with van der Waals surface area (Å²) < 4.78 is 19.0. The van der Waals surface area contributed by atoms with Gasteiger partial charge in [-0.1, -0.05) is 5.16 Å². The highest BCUT2D eigenvalue weighted by Crippen LogP contribution is 2.27. The van der Waals surface area contributed by atoms with Crippen LogP contribution in [0.25, 0.3) is 0 Å². The molecule has 0 unspecified atom stereocenters. The van der Waals surface area contributed by atoms with Crippen molar-refractivity contribution in [2.24, 2.45) is 5.16 Å². The Morgan fingerprint density at radius 1 is 1.41 bits per heavy atom. The molecule has 1 aliphatic rings. The van der Waals surface area contributed by atoms with E-state index in [0.717, 1.165) is 25.7 Å². The van der Waals surface area contributed by atoms with Crippen LogP contribution in [0, 0.1) is 5.82 Å². The highest BCUT2D eigenvalue weighted by molar-refractivity contribution is 6.00. The largest absolute Gasteiger partial charge is 0.490 e. The molecule has 1 aromatic rings. The minimum absolute atomic E-state index is 0.155. The summed E-state index contributed by atoms with van der Waals surface area (Å²) in [6.07, 6.45) is 4.48. The SMILES string of the molecule is CC(=NO)c1ccc(F)cc1OC1CCCC1. The molecular formula is C13H16FNO2. The maximum atomic E-state index is 13.2. The molecule has 2 rings (SSSR count). The van der Waals surface area contributed by atoms with E-state index in [0.29, 0.717) is 17.0 Å². The van der Waals surface area contributed by atoms with Crippen LogP contribution in [-0.2, 0) is 0 Å². The van der Waals surface area contributed by atoms with Crippen LogP contribution in [0.4, 0.5) is 4.39 Å². The number of benzene rings is 1. The zero-order valence-electron chi connectivity index (χ0n) is 9.82.